The summed E-state index contributed by atoms with van der Waals surface area (Å²) < 4.78 is 28.2. The highest BCUT2D eigenvalue weighted by Gasteiger charge is 2.50. The Labute approximate surface area is 187 Å². The van der Waals surface area contributed by atoms with Crippen LogP contribution < -0.4 is 4.74 Å². The molecular formula is C24H28O8. The topological polar surface area (TPSA) is 101 Å². The van der Waals surface area contributed by atoms with Crippen LogP contribution in [0, 0.1) is 6.92 Å². The molecule has 8 heteroatoms. The fraction of sp³-hybridized carbons (Fsp3) is 0.417. The van der Waals surface area contributed by atoms with Crippen molar-refractivity contribution >= 4 is 11.9 Å². The van der Waals surface area contributed by atoms with Gasteiger partial charge in [0.25, 0.3) is 0 Å². The molecule has 0 saturated carbocycles. The zero-order chi connectivity index (χ0) is 23.1. The molecule has 172 valence electrons. The van der Waals surface area contributed by atoms with Crippen molar-refractivity contribution in [3.63, 3.8) is 0 Å². The van der Waals surface area contributed by atoms with Gasteiger partial charge in [-0.15, -0.1) is 0 Å². The van der Waals surface area contributed by atoms with Crippen LogP contribution in [0.4, 0.5) is 0 Å². The van der Waals surface area contributed by atoms with Crippen LogP contribution in [0.15, 0.2) is 54.6 Å². The van der Waals surface area contributed by atoms with E-state index in [1.807, 2.05) is 49.4 Å². The molecule has 1 saturated heterocycles. The van der Waals surface area contributed by atoms with E-state index in [-0.39, 0.29) is 6.61 Å². The molecule has 32 heavy (non-hydrogen) atoms. The first-order valence-electron chi connectivity index (χ1n) is 10.4. The third-order valence-corrected chi connectivity index (χ3v) is 4.89. The summed E-state index contributed by atoms with van der Waals surface area (Å²) in [6.07, 6.45) is -5.66. The van der Waals surface area contributed by atoms with Crippen LogP contribution >= 0.6 is 0 Å². The summed E-state index contributed by atoms with van der Waals surface area (Å²) in [5.74, 6) is -0.787. The van der Waals surface area contributed by atoms with Gasteiger partial charge in [-0.25, -0.2) is 0 Å². The minimum atomic E-state index is -1.29. The first kappa shape index (κ1) is 23.7. The maximum atomic E-state index is 11.7. The van der Waals surface area contributed by atoms with Crippen LogP contribution in [0.1, 0.15) is 25.0 Å². The van der Waals surface area contributed by atoms with Crippen LogP contribution in [0.25, 0.3) is 0 Å². The van der Waals surface area contributed by atoms with Crippen LogP contribution in [-0.2, 0) is 35.1 Å². The maximum Gasteiger partial charge on any atom is 0.303 e. The summed E-state index contributed by atoms with van der Waals surface area (Å²) in [5, 5.41) is 10.8. The standard InChI is InChI=1S/C24H28O8/c1-15-9-11-19(12-10-15)31-24-23(30-17(3)26)22(29-16(2)25)21(27)20(32-24)14-28-13-18-7-5-4-6-8-18/h4-12,20-24,27H,13-14H2,1-3H3/t20-,21-,22+,23-,24-/m1/s1. The highest BCUT2D eigenvalue weighted by molar-refractivity contribution is 5.67. The molecule has 1 N–H and O–H groups in total. The predicted molar refractivity (Wildman–Crippen MR) is 114 cm³/mol. The Morgan fingerprint density at radius 3 is 2.19 bits per heavy atom. The molecule has 0 aromatic heterocycles. The zero-order valence-electron chi connectivity index (χ0n) is 18.3. The van der Waals surface area contributed by atoms with Crippen molar-refractivity contribution < 1.29 is 38.4 Å². The van der Waals surface area contributed by atoms with Gasteiger partial charge in [-0.2, -0.15) is 0 Å². The number of hydrogen-bond acceptors (Lipinski definition) is 8. The second-order valence-corrected chi connectivity index (χ2v) is 7.61. The summed E-state index contributed by atoms with van der Waals surface area (Å²) in [7, 11) is 0. The van der Waals surface area contributed by atoms with E-state index in [9.17, 15) is 14.7 Å². The van der Waals surface area contributed by atoms with E-state index >= 15 is 0 Å². The highest BCUT2D eigenvalue weighted by atomic mass is 16.7. The number of aliphatic hydroxyl groups is 1. The lowest BCUT2D eigenvalue weighted by atomic mass is 9.98. The second-order valence-electron chi connectivity index (χ2n) is 7.61. The van der Waals surface area contributed by atoms with Crippen molar-refractivity contribution in [3.8, 4) is 5.75 Å². The first-order chi connectivity index (χ1) is 15.3. The van der Waals surface area contributed by atoms with Gasteiger partial charge in [0.15, 0.2) is 6.10 Å². The van der Waals surface area contributed by atoms with Gasteiger partial charge >= 0.3 is 11.9 Å². The predicted octanol–water partition coefficient (Wildman–Crippen LogP) is 2.54. The summed E-state index contributed by atoms with van der Waals surface area (Å²) in [6.45, 7) is 4.69. The molecule has 1 aliphatic rings. The van der Waals surface area contributed by atoms with Crippen molar-refractivity contribution in [1.29, 1.82) is 0 Å². The minimum absolute atomic E-state index is 0.00831. The Morgan fingerprint density at radius 2 is 1.56 bits per heavy atom. The third kappa shape index (κ3) is 6.53. The fourth-order valence-electron chi connectivity index (χ4n) is 3.38. The molecule has 5 atom stereocenters. The summed E-state index contributed by atoms with van der Waals surface area (Å²) in [6, 6.07) is 16.7. The van der Waals surface area contributed by atoms with E-state index in [4.69, 9.17) is 23.7 Å². The van der Waals surface area contributed by atoms with E-state index in [0.717, 1.165) is 11.1 Å². The number of aliphatic hydroxyl groups excluding tert-OH is 1. The van der Waals surface area contributed by atoms with Crippen LogP contribution in [0.3, 0.4) is 0 Å². The Morgan fingerprint density at radius 1 is 0.938 bits per heavy atom. The lowest BCUT2D eigenvalue weighted by molar-refractivity contribution is -0.287. The van der Waals surface area contributed by atoms with Crippen molar-refractivity contribution in [2.24, 2.45) is 0 Å². The molecule has 2 aromatic carbocycles. The van der Waals surface area contributed by atoms with Gasteiger partial charge in [-0.3, -0.25) is 9.59 Å². The monoisotopic (exact) mass is 444 g/mol. The molecule has 2 aromatic rings. The number of benzene rings is 2. The Bertz CT molecular complexity index is 883. The van der Waals surface area contributed by atoms with Crippen molar-refractivity contribution in [2.45, 2.75) is 58.1 Å². The molecular weight excluding hydrogens is 416 g/mol. The number of ether oxygens (including phenoxy) is 5. The van der Waals surface area contributed by atoms with E-state index < -0.39 is 42.6 Å². The lowest BCUT2D eigenvalue weighted by Gasteiger charge is -2.42. The van der Waals surface area contributed by atoms with Gasteiger partial charge in [0.2, 0.25) is 12.4 Å². The molecule has 0 amide bonds. The van der Waals surface area contributed by atoms with E-state index in [2.05, 4.69) is 0 Å². The highest BCUT2D eigenvalue weighted by Crippen LogP contribution is 2.29. The fourth-order valence-corrected chi connectivity index (χ4v) is 3.38. The molecule has 3 rings (SSSR count). The number of carbonyl (C=O) groups excluding carboxylic acids is 2. The molecule has 8 nitrogen and oxygen atoms in total. The van der Waals surface area contributed by atoms with Gasteiger partial charge in [-0.05, 0) is 24.6 Å². The average Bonchev–Trinajstić information content (AvgIpc) is 2.75. The molecule has 1 fully saturated rings. The smallest absolute Gasteiger partial charge is 0.303 e. The van der Waals surface area contributed by atoms with Crippen LogP contribution in [0.2, 0.25) is 0 Å². The molecule has 0 spiro atoms. The first-order valence-corrected chi connectivity index (χ1v) is 10.4. The molecule has 0 unspecified atom stereocenters. The van der Waals surface area contributed by atoms with Gasteiger partial charge in [0, 0.05) is 13.8 Å². The number of aryl methyl sites for hydroxylation is 1. The average molecular weight is 444 g/mol. The second kappa shape index (κ2) is 11.1. The Hall–Kier alpha value is -2.94. The molecule has 0 aliphatic carbocycles. The Kier molecular flexibility index (Phi) is 8.21. The van der Waals surface area contributed by atoms with Crippen molar-refractivity contribution in [2.75, 3.05) is 6.61 Å². The summed E-state index contributed by atoms with van der Waals surface area (Å²) in [5.41, 5.74) is 2.00. The molecule has 0 bridgehead atoms. The summed E-state index contributed by atoms with van der Waals surface area (Å²) in [4.78, 5) is 23.4. The largest absolute Gasteiger partial charge is 0.461 e. The van der Waals surface area contributed by atoms with Crippen LogP contribution in [-0.4, -0.2) is 54.4 Å². The number of rotatable bonds is 8. The number of carbonyl (C=O) groups is 2. The third-order valence-electron chi connectivity index (χ3n) is 4.89. The normalized spacial score (nSPS) is 25.1. The van der Waals surface area contributed by atoms with Crippen LogP contribution in [0.5, 0.6) is 5.75 Å². The zero-order valence-corrected chi connectivity index (χ0v) is 18.3. The quantitative estimate of drug-likeness (QED) is 0.620. The van der Waals surface area contributed by atoms with E-state index in [1.54, 1.807) is 12.1 Å². The van der Waals surface area contributed by atoms with Gasteiger partial charge in [0.1, 0.15) is 18.0 Å². The van der Waals surface area contributed by atoms with Gasteiger partial charge in [0.05, 0.1) is 13.2 Å². The SMILES string of the molecule is CC(=O)O[C@H]1[C@H](Oc2ccc(C)cc2)O[C@H](COCc2ccccc2)[C@@H](O)[C@@H]1OC(C)=O. The number of esters is 2. The van der Waals surface area contributed by atoms with Gasteiger partial charge in [-0.1, -0.05) is 48.0 Å². The van der Waals surface area contributed by atoms with Crippen molar-refractivity contribution in [3.05, 3.63) is 65.7 Å². The minimum Gasteiger partial charge on any atom is -0.461 e. The van der Waals surface area contributed by atoms with E-state index in [1.165, 1.54) is 13.8 Å². The molecule has 0 radical (unpaired) electrons. The maximum absolute atomic E-state index is 11.7. The lowest BCUT2D eigenvalue weighted by Crippen LogP contribution is -2.62. The van der Waals surface area contributed by atoms with Crippen molar-refractivity contribution in [1.82, 2.24) is 0 Å². The number of hydrogen-bond donors (Lipinski definition) is 1. The van der Waals surface area contributed by atoms with E-state index in [0.29, 0.717) is 12.4 Å². The summed E-state index contributed by atoms with van der Waals surface area (Å²) >= 11 is 0. The van der Waals surface area contributed by atoms with Gasteiger partial charge < -0.3 is 28.8 Å². The Balaban J connectivity index is 1.78. The molecule has 1 heterocycles. The molecule has 1 aliphatic heterocycles.